The lowest BCUT2D eigenvalue weighted by Crippen LogP contribution is -2.36. The van der Waals surface area contributed by atoms with Crippen LogP contribution in [0.15, 0.2) is 47.4 Å². The van der Waals surface area contributed by atoms with E-state index in [1.54, 1.807) is 6.92 Å². The Morgan fingerprint density at radius 1 is 1.18 bits per heavy atom. The molecule has 5 rings (SSSR count). The Morgan fingerprint density at radius 2 is 2.00 bits per heavy atom. The fourth-order valence-electron chi connectivity index (χ4n) is 4.51. The smallest absolute Gasteiger partial charge is 0.219 e. The number of carbonyl (C=O) groups excluding carboxylic acids is 1. The number of aromatic amines is 1. The van der Waals surface area contributed by atoms with Crippen molar-refractivity contribution in [2.45, 2.75) is 45.6 Å². The topological polar surface area (TPSA) is 99.9 Å². The standard InChI is InChI=1S/C25H28N6O2/c1-15(2)29-25-20-10-18(19-12-27-28-13-19)4-5-22(20)26-14-21(25)24-11-23(30-33-24)17-6-8-31(9-7-17)16(3)32/h4-5,10-15,17H,6-9H2,1-3H3,(H,26,29)(H,27,28). The van der Waals surface area contributed by atoms with Crippen LogP contribution < -0.4 is 5.32 Å². The zero-order valence-corrected chi connectivity index (χ0v) is 19.1. The molecule has 33 heavy (non-hydrogen) atoms. The quantitative estimate of drug-likeness (QED) is 0.457. The predicted molar refractivity (Wildman–Crippen MR) is 128 cm³/mol. The molecule has 0 bridgehead atoms. The van der Waals surface area contributed by atoms with Crippen LogP contribution in [0.5, 0.6) is 0 Å². The maximum atomic E-state index is 11.6. The summed E-state index contributed by atoms with van der Waals surface area (Å²) >= 11 is 0. The Balaban J connectivity index is 1.52. The molecule has 0 atom stereocenters. The lowest BCUT2D eigenvalue weighted by molar-refractivity contribution is -0.129. The van der Waals surface area contributed by atoms with Crippen LogP contribution in [0.1, 0.15) is 45.2 Å². The number of piperidine rings is 1. The van der Waals surface area contributed by atoms with E-state index in [4.69, 9.17) is 9.51 Å². The number of hydrogen-bond donors (Lipinski definition) is 2. The van der Waals surface area contributed by atoms with Gasteiger partial charge in [-0.2, -0.15) is 5.10 Å². The van der Waals surface area contributed by atoms with E-state index < -0.39 is 0 Å². The number of carbonyl (C=O) groups is 1. The first-order valence-electron chi connectivity index (χ1n) is 11.4. The van der Waals surface area contributed by atoms with Crippen molar-refractivity contribution in [2.24, 2.45) is 0 Å². The largest absolute Gasteiger partial charge is 0.382 e. The van der Waals surface area contributed by atoms with Crippen molar-refractivity contribution < 1.29 is 9.32 Å². The summed E-state index contributed by atoms with van der Waals surface area (Å²) in [4.78, 5) is 18.2. The van der Waals surface area contributed by atoms with E-state index in [-0.39, 0.29) is 11.9 Å². The lowest BCUT2D eigenvalue weighted by atomic mass is 9.93. The zero-order valence-electron chi connectivity index (χ0n) is 19.1. The van der Waals surface area contributed by atoms with Crippen LogP contribution >= 0.6 is 0 Å². The number of rotatable bonds is 5. The first-order chi connectivity index (χ1) is 16.0. The van der Waals surface area contributed by atoms with E-state index in [0.717, 1.165) is 64.9 Å². The number of likely N-dealkylation sites (tertiary alicyclic amines) is 1. The van der Waals surface area contributed by atoms with Crippen LogP contribution in [0.25, 0.3) is 33.4 Å². The van der Waals surface area contributed by atoms with Crippen LogP contribution in [-0.4, -0.2) is 50.3 Å². The van der Waals surface area contributed by atoms with Gasteiger partial charge >= 0.3 is 0 Å². The molecule has 0 aliphatic carbocycles. The number of amides is 1. The first kappa shape index (κ1) is 21.2. The van der Waals surface area contributed by atoms with E-state index in [9.17, 15) is 4.79 Å². The maximum Gasteiger partial charge on any atom is 0.219 e. The summed E-state index contributed by atoms with van der Waals surface area (Å²) in [5.74, 6) is 1.13. The summed E-state index contributed by atoms with van der Waals surface area (Å²) in [6.45, 7) is 7.38. The Labute approximate surface area is 192 Å². The lowest BCUT2D eigenvalue weighted by Gasteiger charge is -2.30. The summed E-state index contributed by atoms with van der Waals surface area (Å²) in [5.41, 5.74) is 5.81. The van der Waals surface area contributed by atoms with Crippen molar-refractivity contribution in [3.05, 3.63) is 48.5 Å². The molecule has 4 aromatic rings. The molecule has 8 heteroatoms. The molecule has 0 saturated carbocycles. The van der Waals surface area contributed by atoms with E-state index >= 15 is 0 Å². The fourth-order valence-corrected chi connectivity index (χ4v) is 4.51. The van der Waals surface area contributed by atoms with Crippen molar-refractivity contribution in [1.29, 1.82) is 0 Å². The number of nitrogens with one attached hydrogen (secondary N) is 2. The average Bonchev–Trinajstić information content (AvgIpc) is 3.51. The molecular weight excluding hydrogens is 416 g/mol. The highest BCUT2D eigenvalue weighted by atomic mass is 16.5. The third-order valence-corrected chi connectivity index (χ3v) is 6.28. The molecule has 1 aromatic carbocycles. The second-order valence-corrected chi connectivity index (χ2v) is 8.96. The van der Waals surface area contributed by atoms with Crippen LogP contribution in [0, 0.1) is 0 Å². The SMILES string of the molecule is CC(=O)N1CCC(c2cc(-c3cnc4ccc(-c5cn[nH]c5)cc4c3NC(C)C)on2)CC1. The van der Waals surface area contributed by atoms with Crippen LogP contribution in [0.3, 0.4) is 0 Å². The molecule has 0 radical (unpaired) electrons. The Hall–Kier alpha value is -3.68. The first-order valence-corrected chi connectivity index (χ1v) is 11.4. The normalized spacial score (nSPS) is 14.8. The van der Waals surface area contributed by atoms with Gasteiger partial charge in [0.15, 0.2) is 5.76 Å². The molecule has 8 nitrogen and oxygen atoms in total. The number of H-pyrrole nitrogens is 1. The average molecular weight is 445 g/mol. The van der Waals surface area contributed by atoms with E-state index in [0.29, 0.717) is 11.7 Å². The minimum absolute atomic E-state index is 0.135. The fraction of sp³-hybridized carbons (Fsp3) is 0.360. The summed E-state index contributed by atoms with van der Waals surface area (Å²) < 4.78 is 5.83. The number of hydrogen-bond acceptors (Lipinski definition) is 6. The monoisotopic (exact) mass is 444 g/mol. The van der Waals surface area contributed by atoms with Gasteiger partial charge in [0.05, 0.1) is 28.7 Å². The van der Waals surface area contributed by atoms with E-state index in [1.807, 2.05) is 35.6 Å². The number of benzene rings is 1. The third kappa shape index (κ3) is 4.20. The molecule has 4 heterocycles. The van der Waals surface area contributed by atoms with E-state index in [1.165, 1.54) is 0 Å². The molecule has 1 aliphatic rings. The van der Waals surface area contributed by atoms with Crippen molar-refractivity contribution in [3.63, 3.8) is 0 Å². The molecular formula is C25H28N6O2. The van der Waals surface area contributed by atoms with Gasteiger partial charge in [-0.15, -0.1) is 0 Å². The molecule has 170 valence electrons. The van der Waals surface area contributed by atoms with Gasteiger partial charge in [-0.05, 0) is 44.4 Å². The van der Waals surface area contributed by atoms with E-state index in [2.05, 4.69) is 46.7 Å². The molecule has 3 aromatic heterocycles. The molecule has 2 N–H and O–H groups in total. The number of anilines is 1. The van der Waals surface area contributed by atoms with Gasteiger partial charge < -0.3 is 14.7 Å². The highest BCUT2D eigenvalue weighted by Crippen LogP contribution is 2.38. The predicted octanol–water partition coefficient (Wildman–Crippen LogP) is 4.83. The van der Waals surface area contributed by atoms with Crippen molar-refractivity contribution in [1.82, 2.24) is 25.2 Å². The van der Waals surface area contributed by atoms with Crippen molar-refractivity contribution >= 4 is 22.5 Å². The highest BCUT2D eigenvalue weighted by Gasteiger charge is 2.25. The molecule has 1 saturated heterocycles. The van der Waals surface area contributed by atoms with Crippen LogP contribution in [0.2, 0.25) is 0 Å². The Bertz CT molecular complexity index is 1270. The maximum absolute atomic E-state index is 11.6. The van der Waals surface area contributed by atoms with Gasteiger partial charge in [0, 0.05) is 61.4 Å². The summed E-state index contributed by atoms with van der Waals surface area (Å²) in [7, 11) is 0. The van der Waals surface area contributed by atoms with Gasteiger partial charge in [-0.1, -0.05) is 11.2 Å². The minimum atomic E-state index is 0.135. The Morgan fingerprint density at radius 3 is 2.70 bits per heavy atom. The second kappa shape index (κ2) is 8.69. The van der Waals surface area contributed by atoms with Crippen LogP contribution in [-0.2, 0) is 4.79 Å². The van der Waals surface area contributed by atoms with Gasteiger partial charge in [0.25, 0.3) is 0 Å². The third-order valence-electron chi connectivity index (χ3n) is 6.28. The second-order valence-electron chi connectivity index (χ2n) is 8.96. The minimum Gasteiger partial charge on any atom is -0.382 e. The zero-order chi connectivity index (χ0) is 22.9. The molecule has 0 unspecified atom stereocenters. The summed E-state index contributed by atoms with van der Waals surface area (Å²) in [5, 5.41) is 16.0. The highest BCUT2D eigenvalue weighted by molar-refractivity contribution is 6.00. The van der Waals surface area contributed by atoms with Crippen LogP contribution in [0.4, 0.5) is 5.69 Å². The summed E-state index contributed by atoms with van der Waals surface area (Å²) in [6, 6.07) is 8.48. The number of pyridine rings is 1. The number of nitrogens with zero attached hydrogens (tertiary/aromatic N) is 4. The number of fused-ring (bicyclic) bond motifs is 1. The molecule has 0 spiro atoms. The molecule has 1 amide bonds. The van der Waals surface area contributed by atoms with Crippen molar-refractivity contribution in [3.8, 4) is 22.5 Å². The summed E-state index contributed by atoms with van der Waals surface area (Å²) in [6.07, 6.45) is 7.34. The Kier molecular flexibility index (Phi) is 5.58. The van der Waals surface area contributed by atoms with Crippen molar-refractivity contribution in [2.75, 3.05) is 18.4 Å². The van der Waals surface area contributed by atoms with Gasteiger partial charge in [-0.3, -0.25) is 14.9 Å². The molecule has 1 fully saturated rings. The van der Waals surface area contributed by atoms with Gasteiger partial charge in [0.2, 0.25) is 5.91 Å². The van der Waals surface area contributed by atoms with Gasteiger partial charge in [0.1, 0.15) is 0 Å². The molecule has 1 aliphatic heterocycles. The number of aromatic nitrogens is 4. The van der Waals surface area contributed by atoms with Gasteiger partial charge in [-0.25, -0.2) is 0 Å².